The molecule has 0 aromatic heterocycles. The monoisotopic (exact) mass is 263 g/mol. The van der Waals surface area contributed by atoms with E-state index in [2.05, 4.69) is 5.32 Å². The highest BCUT2D eigenvalue weighted by atomic mass is 16.5. The van der Waals surface area contributed by atoms with Gasteiger partial charge in [-0.3, -0.25) is 4.79 Å². The van der Waals surface area contributed by atoms with Gasteiger partial charge in [-0.25, -0.2) is 0 Å². The molecule has 1 N–H and O–H groups in total. The quantitative estimate of drug-likeness (QED) is 0.888. The normalized spacial score (nSPS) is 15.3. The first-order valence-electron chi connectivity index (χ1n) is 6.72. The van der Waals surface area contributed by atoms with E-state index in [1.54, 1.807) is 14.2 Å². The van der Waals surface area contributed by atoms with Crippen LogP contribution in [0, 0.1) is 5.92 Å². The lowest BCUT2D eigenvalue weighted by Crippen LogP contribution is -2.28. The molecule has 104 valence electrons. The van der Waals surface area contributed by atoms with E-state index >= 15 is 0 Å². The van der Waals surface area contributed by atoms with Gasteiger partial charge in [0.05, 0.1) is 14.2 Å². The van der Waals surface area contributed by atoms with Gasteiger partial charge in [0.25, 0.3) is 0 Å². The van der Waals surface area contributed by atoms with E-state index in [0.717, 1.165) is 29.9 Å². The van der Waals surface area contributed by atoms with Crippen LogP contribution in [0.2, 0.25) is 0 Å². The van der Waals surface area contributed by atoms with Crippen molar-refractivity contribution in [2.75, 3.05) is 14.2 Å². The maximum atomic E-state index is 12.0. The van der Waals surface area contributed by atoms with Crippen LogP contribution in [0.25, 0.3) is 0 Å². The third-order valence-corrected chi connectivity index (χ3v) is 3.60. The standard InChI is InChI=1S/C15H21NO3/c1-18-13-7-11(8-14(9-13)19-2)10-16-15(17)12-5-3-4-6-12/h7-9,12H,3-6,10H2,1-2H3,(H,16,17). The van der Waals surface area contributed by atoms with Crippen molar-refractivity contribution in [2.45, 2.75) is 32.2 Å². The Balaban J connectivity index is 1.96. The van der Waals surface area contributed by atoms with Crippen LogP contribution >= 0.6 is 0 Å². The van der Waals surface area contributed by atoms with Crippen LogP contribution in [0.1, 0.15) is 31.2 Å². The number of amides is 1. The van der Waals surface area contributed by atoms with Crippen LogP contribution < -0.4 is 14.8 Å². The first kappa shape index (κ1) is 13.7. The molecule has 4 heteroatoms. The molecule has 1 aromatic carbocycles. The molecule has 1 saturated carbocycles. The summed E-state index contributed by atoms with van der Waals surface area (Å²) in [6.45, 7) is 0.517. The molecule has 1 fully saturated rings. The lowest BCUT2D eigenvalue weighted by molar-refractivity contribution is -0.124. The summed E-state index contributed by atoms with van der Waals surface area (Å²) in [6, 6.07) is 5.65. The number of methoxy groups -OCH3 is 2. The van der Waals surface area contributed by atoms with Gasteiger partial charge in [0.2, 0.25) is 5.91 Å². The molecule has 0 spiro atoms. The summed E-state index contributed by atoms with van der Waals surface area (Å²) in [7, 11) is 3.24. The number of nitrogens with one attached hydrogen (secondary N) is 1. The van der Waals surface area contributed by atoms with Gasteiger partial charge in [-0.05, 0) is 30.5 Å². The van der Waals surface area contributed by atoms with Gasteiger partial charge < -0.3 is 14.8 Å². The van der Waals surface area contributed by atoms with Gasteiger partial charge in [0.15, 0.2) is 0 Å². The maximum Gasteiger partial charge on any atom is 0.223 e. The molecular formula is C15H21NO3. The van der Waals surface area contributed by atoms with Crippen molar-refractivity contribution >= 4 is 5.91 Å². The molecule has 19 heavy (non-hydrogen) atoms. The lowest BCUT2D eigenvalue weighted by Gasteiger charge is -2.12. The number of carbonyl (C=O) groups is 1. The van der Waals surface area contributed by atoms with E-state index in [4.69, 9.17) is 9.47 Å². The van der Waals surface area contributed by atoms with E-state index in [9.17, 15) is 4.79 Å². The Morgan fingerprint density at radius 1 is 1.16 bits per heavy atom. The zero-order valence-electron chi connectivity index (χ0n) is 11.6. The Hall–Kier alpha value is -1.71. The summed E-state index contributed by atoms with van der Waals surface area (Å²) in [6.07, 6.45) is 4.39. The third kappa shape index (κ3) is 3.63. The predicted octanol–water partition coefficient (Wildman–Crippen LogP) is 2.51. The molecule has 2 rings (SSSR count). The van der Waals surface area contributed by atoms with Crippen molar-refractivity contribution in [1.82, 2.24) is 5.32 Å². The number of carbonyl (C=O) groups excluding carboxylic acids is 1. The molecule has 0 unspecified atom stereocenters. The molecule has 1 aliphatic rings. The number of hydrogen-bond acceptors (Lipinski definition) is 3. The van der Waals surface area contributed by atoms with Crippen LogP contribution in [-0.2, 0) is 11.3 Å². The minimum atomic E-state index is 0.166. The van der Waals surface area contributed by atoms with Crippen LogP contribution in [0.5, 0.6) is 11.5 Å². The van der Waals surface area contributed by atoms with Crippen molar-refractivity contribution in [2.24, 2.45) is 5.92 Å². The molecule has 0 aliphatic heterocycles. The summed E-state index contributed by atoms with van der Waals surface area (Å²) >= 11 is 0. The zero-order chi connectivity index (χ0) is 13.7. The van der Waals surface area contributed by atoms with E-state index in [1.165, 1.54) is 12.8 Å². The molecule has 0 radical (unpaired) electrons. The van der Waals surface area contributed by atoms with Gasteiger partial charge in [-0.15, -0.1) is 0 Å². The van der Waals surface area contributed by atoms with Gasteiger partial charge in [0, 0.05) is 18.5 Å². The summed E-state index contributed by atoms with van der Waals surface area (Å²) < 4.78 is 10.4. The Labute approximate surface area is 114 Å². The van der Waals surface area contributed by atoms with Crippen molar-refractivity contribution in [3.05, 3.63) is 23.8 Å². The van der Waals surface area contributed by atoms with Crippen molar-refractivity contribution in [1.29, 1.82) is 0 Å². The fraction of sp³-hybridized carbons (Fsp3) is 0.533. The number of rotatable bonds is 5. The molecule has 1 aliphatic carbocycles. The average Bonchev–Trinajstić information content (AvgIpc) is 2.98. The smallest absolute Gasteiger partial charge is 0.223 e. The average molecular weight is 263 g/mol. The van der Waals surface area contributed by atoms with Gasteiger partial charge in [0.1, 0.15) is 11.5 Å². The topological polar surface area (TPSA) is 47.6 Å². The molecule has 0 atom stereocenters. The van der Waals surface area contributed by atoms with Gasteiger partial charge in [-0.1, -0.05) is 12.8 Å². The van der Waals surface area contributed by atoms with Crippen LogP contribution in [0.15, 0.2) is 18.2 Å². The molecule has 0 heterocycles. The van der Waals surface area contributed by atoms with Crippen molar-refractivity contribution in [3.63, 3.8) is 0 Å². The Kier molecular flexibility index (Phi) is 4.66. The largest absolute Gasteiger partial charge is 0.497 e. The maximum absolute atomic E-state index is 12.0. The van der Waals surface area contributed by atoms with E-state index < -0.39 is 0 Å². The summed E-state index contributed by atoms with van der Waals surface area (Å²) in [4.78, 5) is 12.0. The molecule has 1 aromatic rings. The minimum absolute atomic E-state index is 0.166. The molecule has 0 saturated heterocycles. The first-order chi connectivity index (χ1) is 9.22. The summed E-state index contributed by atoms with van der Waals surface area (Å²) in [5.74, 6) is 1.85. The van der Waals surface area contributed by atoms with E-state index in [1.807, 2.05) is 18.2 Å². The second-order valence-corrected chi connectivity index (χ2v) is 4.92. The highest BCUT2D eigenvalue weighted by Crippen LogP contribution is 2.25. The predicted molar refractivity (Wildman–Crippen MR) is 73.4 cm³/mol. The Morgan fingerprint density at radius 2 is 1.74 bits per heavy atom. The molecule has 0 bridgehead atoms. The Bertz CT molecular complexity index is 417. The third-order valence-electron chi connectivity index (χ3n) is 3.60. The highest BCUT2D eigenvalue weighted by Gasteiger charge is 2.22. The minimum Gasteiger partial charge on any atom is -0.497 e. The molecule has 4 nitrogen and oxygen atoms in total. The Morgan fingerprint density at radius 3 is 2.26 bits per heavy atom. The van der Waals surface area contributed by atoms with Crippen LogP contribution in [-0.4, -0.2) is 20.1 Å². The van der Waals surface area contributed by atoms with Gasteiger partial charge in [-0.2, -0.15) is 0 Å². The SMILES string of the molecule is COc1cc(CNC(=O)C2CCCC2)cc(OC)c1. The van der Waals surface area contributed by atoms with Crippen LogP contribution in [0.4, 0.5) is 0 Å². The fourth-order valence-corrected chi connectivity index (χ4v) is 2.49. The number of ether oxygens (including phenoxy) is 2. The van der Waals surface area contributed by atoms with Crippen molar-refractivity contribution in [3.8, 4) is 11.5 Å². The zero-order valence-corrected chi connectivity index (χ0v) is 11.6. The number of hydrogen-bond donors (Lipinski definition) is 1. The fourth-order valence-electron chi connectivity index (χ4n) is 2.49. The van der Waals surface area contributed by atoms with Crippen molar-refractivity contribution < 1.29 is 14.3 Å². The second-order valence-electron chi connectivity index (χ2n) is 4.92. The van der Waals surface area contributed by atoms with Crippen LogP contribution in [0.3, 0.4) is 0 Å². The molecular weight excluding hydrogens is 242 g/mol. The summed E-state index contributed by atoms with van der Waals surface area (Å²) in [5.41, 5.74) is 0.988. The lowest BCUT2D eigenvalue weighted by atomic mass is 10.1. The molecule has 1 amide bonds. The van der Waals surface area contributed by atoms with E-state index in [-0.39, 0.29) is 11.8 Å². The first-order valence-corrected chi connectivity index (χ1v) is 6.72. The van der Waals surface area contributed by atoms with E-state index in [0.29, 0.717) is 6.54 Å². The highest BCUT2D eigenvalue weighted by molar-refractivity contribution is 5.78. The number of benzene rings is 1. The summed E-state index contributed by atoms with van der Waals surface area (Å²) in [5, 5.41) is 2.99. The van der Waals surface area contributed by atoms with Gasteiger partial charge >= 0.3 is 0 Å². The second kappa shape index (κ2) is 6.45.